The van der Waals surface area contributed by atoms with Crippen LogP contribution < -0.4 is 11.1 Å². The molecule has 1 heterocycles. The molecular formula is C14H18BrN3O2. The van der Waals surface area contributed by atoms with Gasteiger partial charge in [0, 0.05) is 36.2 Å². The van der Waals surface area contributed by atoms with Gasteiger partial charge in [0.2, 0.25) is 5.91 Å². The smallest absolute Gasteiger partial charge is 0.255 e. The lowest BCUT2D eigenvalue weighted by atomic mass is 9.95. The molecule has 2 rings (SSSR count). The highest BCUT2D eigenvalue weighted by Crippen LogP contribution is 2.24. The van der Waals surface area contributed by atoms with Crippen molar-refractivity contribution in [2.45, 2.75) is 12.8 Å². The average Bonchev–Trinajstić information content (AvgIpc) is 2.48. The molecule has 0 atom stereocenters. The second kappa shape index (κ2) is 6.26. The van der Waals surface area contributed by atoms with Crippen molar-refractivity contribution in [1.29, 1.82) is 0 Å². The molecule has 6 heteroatoms. The highest BCUT2D eigenvalue weighted by atomic mass is 79.9. The summed E-state index contributed by atoms with van der Waals surface area (Å²) >= 11 is 3.38. The Balaban J connectivity index is 2.05. The number of nitrogen functional groups attached to an aromatic ring is 1. The van der Waals surface area contributed by atoms with Crippen LogP contribution in [0.2, 0.25) is 0 Å². The molecule has 5 nitrogen and oxygen atoms in total. The number of rotatable bonds is 2. The summed E-state index contributed by atoms with van der Waals surface area (Å²) in [6, 6.07) is 5.20. The van der Waals surface area contributed by atoms with Gasteiger partial charge in [-0.05, 0) is 47.0 Å². The molecule has 1 aliphatic heterocycles. The lowest BCUT2D eigenvalue weighted by Crippen LogP contribution is -2.42. The van der Waals surface area contributed by atoms with Crippen molar-refractivity contribution in [3.8, 4) is 0 Å². The minimum absolute atomic E-state index is 0.00772. The van der Waals surface area contributed by atoms with E-state index in [1.807, 2.05) is 0 Å². The molecular weight excluding hydrogens is 322 g/mol. The Hall–Kier alpha value is -1.56. The largest absolute Gasteiger partial charge is 0.399 e. The fraction of sp³-hybridized carbons (Fsp3) is 0.429. The van der Waals surface area contributed by atoms with Crippen molar-refractivity contribution >= 4 is 33.4 Å². The number of carbonyl (C=O) groups is 2. The molecule has 1 aromatic carbocycles. The third kappa shape index (κ3) is 3.12. The maximum absolute atomic E-state index is 12.5. The number of halogens is 1. The number of nitrogens with one attached hydrogen (secondary N) is 1. The number of nitrogens with two attached hydrogens (primary N) is 1. The van der Waals surface area contributed by atoms with Gasteiger partial charge in [0.25, 0.3) is 5.91 Å². The summed E-state index contributed by atoms with van der Waals surface area (Å²) in [5.74, 6) is 0.0232. The van der Waals surface area contributed by atoms with Gasteiger partial charge in [-0.1, -0.05) is 0 Å². The summed E-state index contributed by atoms with van der Waals surface area (Å²) in [4.78, 5) is 25.8. The zero-order valence-electron chi connectivity index (χ0n) is 11.4. The van der Waals surface area contributed by atoms with E-state index in [0.29, 0.717) is 37.2 Å². The van der Waals surface area contributed by atoms with Gasteiger partial charge in [0.15, 0.2) is 0 Å². The van der Waals surface area contributed by atoms with E-state index in [4.69, 9.17) is 5.73 Å². The quantitative estimate of drug-likeness (QED) is 0.804. The molecule has 1 aliphatic rings. The summed E-state index contributed by atoms with van der Waals surface area (Å²) in [6.07, 6.45) is 1.40. The molecule has 20 heavy (non-hydrogen) atoms. The van der Waals surface area contributed by atoms with E-state index in [-0.39, 0.29) is 17.7 Å². The van der Waals surface area contributed by atoms with Crippen molar-refractivity contribution in [1.82, 2.24) is 10.2 Å². The number of likely N-dealkylation sites (tertiary alicyclic amines) is 1. The van der Waals surface area contributed by atoms with Crippen LogP contribution in [-0.4, -0.2) is 36.9 Å². The fourth-order valence-corrected chi connectivity index (χ4v) is 2.84. The Kier molecular flexibility index (Phi) is 4.65. The molecule has 1 fully saturated rings. The average molecular weight is 340 g/mol. The zero-order chi connectivity index (χ0) is 14.7. The van der Waals surface area contributed by atoms with Gasteiger partial charge in [0.05, 0.1) is 5.56 Å². The van der Waals surface area contributed by atoms with Crippen molar-refractivity contribution in [2.24, 2.45) is 5.92 Å². The van der Waals surface area contributed by atoms with Crippen molar-refractivity contribution in [2.75, 3.05) is 25.9 Å². The van der Waals surface area contributed by atoms with E-state index in [9.17, 15) is 9.59 Å². The number of carbonyl (C=O) groups excluding carboxylic acids is 2. The Morgan fingerprint density at radius 1 is 1.35 bits per heavy atom. The summed E-state index contributed by atoms with van der Waals surface area (Å²) in [5.41, 5.74) is 6.87. The number of benzene rings is 1. The van der Waals surface area contributed by atoms with Crippen LogP contribution in [-0.2, 0) is 4.79 Å². The number of nitrogens with zero attached hydrogens (tertiary/aromatic N) is 1. The summed E-state index contributed by atoms with van der Waals surface area (Å²) in [5, 5.41) is 2.66. The second-order valence-corrected chi connectivity index (χ2v) is 5.77. The van der Waals surface area contributed by atoms with Gasteiger partial charge in [-0.3, -0.25) is 9.59 Å². The van der Waals surface area contributed by atoms with Gasteiger partial charge in [-0.15, -0.1) is 0 Å². The molecule has 1 aromatic rings. The van der Waals surface area contributed by atoms with Crippen LogP contribution in [0.5, 0.6) is 0 Å². The maximum atomic E-state index is 12.5. The van der Waals surface area contributed by atoms with Crippen molar-refractivity contribution in [3.05, 3.63) is 28.2 Å². The maximum Gasteiger partial charge on any atom is 0.255 e. The van der Waals surface area contributed by atoms with Crippen LogP contribution in [0.15, 0.2) is 22.7 Å². The van der Waals surface area contributed by atoms with Crippen molar-refractivity contribution in [3.63, 3.8) is 0 Å². The first-order chi connectivity index (χ1) is 9.52. The zero-order valence-corrected chi connectivity index (χ0v) is 12.9. The number of amides is 2. The molecule has 0 bridgehead atoms. The third-order valence-electron chi connectivity index (χ3n) is 3.62. The van der Waals surface area contributed by atoms with Crippen LogP contribution in [0.25, 0.3) is 0 Å². The summed E-state index contributed by atoms with van der Waals surface area (Å²) in [6.45, 7) is 1.19. The molecule has 0 spiro atoms. The predicted octanol–water partition coefficient (Wildman–Crippen LogP) is 1.63. The number of anilines is 1. The topological polar surface area (TPSA) is 75.4 Å². The minimum Gasteiger partial charge on any atom is -0.399 e. The van der Waals surface area contributed by atoms with Crippen LogP contribution in [0.4, 0.5) is 5.69 Å². The summed E-state index contributed by atoms with van der Waals surface area (Å²) in [7, 11) is 1.64. The van der Waals surface area contributed by atoms with Crippen LogP contribution in [0, 0.1) is 5.92 Å². The number of hydrogen-bond acceptors (Lipinski definition) is 3. The van der Waals surface area contributed by atoms with E-state index < -0.39 is 0 Å². The molecule has 1 saturated heterocycles. The molecule has 0 aliphatic carbocycles. The molecule has 0 radical (unpaired) electrons. The fourth-order valence-electron chi connectivity index (χ4n) is 2.43. The molecule has 3 N–H and O–H groups in total. The van der Waals surface area contributed by atoms with Gasteiger partial charge >= 0.3 is 0 Å². The van der Waals surface area contributed by atoms with E-state index in [0.717, 1.165) is 4.47 Å². The summed E-state index contributed by atoms with van der Waals surface area (Å²) < 4.78 is 0.741. The lowest BCUT2D eigenvalue weighted by molar-refractivity contribution is -0.125. The number of hydrogen-bond donors (Lipinski definition) is 2. The predicted molar refractivity (Wildman–Crippen MR) is 81.2 cm³/mol. The van der Waals surface area contributed by atoms with Gasteiger partial charge in [0.1, 0.15) is 0 Å². The molecule has 2 amide bonds. The minimum atomic E-state index is -0.0421. The van der Waals surface area contributed by atoms with Crippen LogP contribution in [0.3, 0.4) is 0 Å². The molecule has 0 aromatic heterocycles. The van der Waals surface area contributed by atoms with Crippen LogP contribution in [0.1, 0.15) is 23.2 Å². The van der Waals surface area contributed by atoms with Gasteiger partial charge in [-0.2, -0.15) is 0 Å². The standard InChI is InChI=1S/C14H18BrN3O2/c1-17-13(19)9-4-6-18(7-5-9)14(20)11-8-10(16)2-3-12(11)15/h2-3,8-9H,4-7,16H2,1H3,(H,17,19). The van der Waals surface area contributed by atoms with E-state index in [2.05, 4.69) is 21.2 Å². The SMILES string of the molecule is CNC(=O)C1CCN(C(=O)c2cc(N)ccc2Br)CC1. The normalized spacial score (nSPS) is 16.0. The van der Waals surface area contributed by atoms with Crippen molar-refractivity contribution < 1.29 is 9.59 Å². The number of piperidine rings is 1. The van der Waals surface area contributed by atoms with E-state index >= 15 is 0 Å². The van der Waals surface area contributed by atoms with Gasteiger partial charge < -0.3 is 16.0 Å². The second-order valence-electron chi connectivity index (χ2n) is 4.92. The highest BCUT2D eigenvalue weighted by Gasteiger charge is 2.27. The first-order valence-electron chi connectivity index (χ1n) is 6.59. The van der Waals surface area contributed by atoms with E-state index in [1.165, 1.54) is 0 Å². The Bertz CT molecular complexity index is 525. The molecule has 108 valence electrons. The Labute approximate surface area is 126 Å². The Morgan fingerprint density at radius 3 is 2.60 bits per heavy atom. The first-order valence-corrected chi connectivity index (χ1v) is 7.38. The first kappa shape index (κ1) is 14.8. The highest BCUT2D eigenvalue weighted by molar-refractivity contribution is 9.10. The lowest BCUT2D eigenvalue weighted by Gasteiger charge is -2.31. The third-order valence-corrected chi connectivity index (χ3v) is 4.31. The molecule has 0 saturated carbocycles. The van der Waals surface area contributed by atoms with E-state index in [1.54, 1.807) is 30.1 Å². The molecule has 0 unspecified atom stereocenters. The van der Waals surface area contributed by atoms with Crippen LogP contribution >= 0.6 is 15.9 Å². The Morgan fingerprint density at radius 2 is 2.00 bits per heavy atom. The van der Waals surface area contributed by atoms with Gasteiger partial charge in [-0.25, -0.2) is 0 Å². The monoisotopic (exact) mass is 339 g/mol.